The number of fused-ring (bicyclic) bond motifs is 5. The second kappa shape index (κ2) is 1.88. The Hall–Kier alpha value is -1.77. The van der Waals surface area contributed by atoms with Crippen molar-refractivity contribution in [2.24, 2.45) is 5.10 Å². The Morgan fingerprint density at radius 1 is 1.17 bits per heavy atom. The highest BCUT2D eigenvalue weighted by molar-refractivity contribution is 5.69. The molecular weight excluding hydrogens is 150 g/mol. The molecule has 0 atom stereocenters. The van der Waals surface area contributed by atoms with Crippen LogP contribution in [0.2, 0.25) is 0 Å². The van der Waals surface area contributed by atoms with Gasteiger partial charge in [-0.2, -0.15) is 5.10 Å². The van der Waals surface area contributed by atoms with Gasteiger partial charge in [-0.3, -0.25) is 5.43 Å². The average molecular weight is 157 g/mol. The monoisotopic (exact) mass is 157 g/mol. The fraction of sp³-hybridized carbons (Fsp3) is 0. The van der Waals surface area contributed by atoms with Gasteiger partial charge in [-0.25, -0.2) is 0 Å². The molecule has 0 fully saturated rings. The summed E-state index contributed by atoms with van der Waals surface area (Å²) >= 11 is 0. The third-order valence-electron chi connectivity index (χ3n) is 2.09. The van der Waals surface area contributed by atoms with E-state index in [1.54, 1.807) is 0 Å². The number of hydrogen-bond acceptors (Lipinski definition) is 2. The zero-order valence-corrected chi connectivity index (χ0v) is 6.33. The normalized spacial score (nSPS) is 16.0. The fourth-order valence-electron chi connectivity index (χ4n) is 1.51. The number of allylic oxidation sites excluding steroid dienone is 3. The fourth-order valence-corrected chi connectivity index (χ4v) is 1.51. The second-order valence-electron chi connectivity index (χ2n) is 2.81. The molecule has 58 valence electrons. The van der Waals surface area contributed by atoms with Crippen LogP contribution in [0.25, 0.3) is 12.2 Å². The number of H-pyrrole nitrogens is 1. The first-order valence-corrected chi connectivity index (χ1v) is 3.86. The largest absolute Gasteiger partial charge is 0.323 e. The summed E-state index contributed by atoms with van der Waals surface area (Å²) in [5.41, 5.74) is 5.05. The lowest BCUT2D eigenvalue weighted by atomic mass is 10.2. The zero-order chi connectivity index (χ0) is 7.97. The number of hydrogen-bond donors (Lipinski definition) is 2. The summed E-state index contributed by atoms with van der Waals surface area (Å²) < 4.78 is 0. The summed E-state index contributed by atoms with van der Waals surface area (Å²) in [5, 5.41) is 5.27. The molecule has 2 N–H and O–H groups in total. The quantitative estimate of drug-likeness (QED) is 0.560. The first-order valence-electron chi connectivity index (χ1n) is 3.86. The molecule has 0 amide bonds. The van der Waals surface area contributed by atoms with Gasteiger partial charge in [-0.1, -0.05) is 30.4 Å². The van der Waals surface area contributed by atoms with Crippen molar-refractivity contribution in [2.75, 3.05) is 5.43 Å². The van der Waals surface area contributed by atoms with E-state index in [1.165, 1.54) is 10.8 Å². The maximum absolute atomic E-state index is 4.09. The molecule has 0 spiro atoms. The molecule has 0 unspecified atom stereocenters. The second-order valence-corrected chi connectivity index (χ2v) is 2.81. The van der Waals surface area contributed by atoms with E-state index < -0.39 is 0 Å². The van der Waals surface area contributed by atoms with Gasteiger partial charge in [-0.05, 0) is 0 Å². The van der Waals surface area contributed by atoms with Gasteiger partial charge in [0.15, 0.2) is 5.49 Å². The molecule has 2 bridgehead atoms. The minimum absolute atomic E-state index is 0.927. The van der Waals surface area contributed by atoms with Gasteiger partial charge in [0.05, 0.1) is 0 Å². The summed E-state index contributed by atoms with van der Waals surface area (Å²) in [6.07, 6.45) is 10.2. The van der Waals surface area contributed by atoms with Gasteiger partial charge in [0, 0.05) is 10.8 Å². The number of aromatic amines is 1. The summed E-state index contributed by atoms with van der Waals surface area (Å²) in [6, 6.07) is 0. The maximum Gasteiger partial charge on any atom is 0.159 e. The summed E-state index contributed by atoms with van der Waals surface area (Å²) in [7, 11) is 0. The lowest BCUT2D eigenvalue weighted by Gasteiger charge is -1.96. The molecule has 1 aromatic rings. The molecule has 3 nitrogen and oxygen atoms in total. The van der Waals surface area contributed by atoms with Crippen molar-refractivity contribution in [1.29, 1.82) is 0 Å². The molecule has 1 aliphatic carbocycles. The van der Waals surface area contributed by atoms with Gasteiger partial charge in [0.2, 0.25) is 0 Å². The number of anilines is 1. The predicted molar refractivity (Wildman–Crippen MR) is 47.8 cm³/mol. The van der Waals surface area contributed by atoms with Crippen LogP contribution < -0.4 is 16.1 Å². The van der Waals surface area contributed by atoms with E-state index in [2.05, 4.69) is 27.7 Å². The van der Waals surface area contributed by atoms with Crippen molar-refractivity contribution in [1.82, 2.24) is 4.98 Å². The van der Waals surface area contributed by atoms with Crippen LogP contribution in [-0.4, -0.2) is 4.98 Å². The molecule has 2 heterocycles. The van der Waals surface area contributed by atoms with Crippen molar-refractivity contribution in [3.63, 3.8) is 0 Å². The Morgan fingerprint density at radius 3 is 3.17 bits per heavy atom. The Labute approximate surface area is 68.8 Å². The number of aromatic nitrogens is 1. The predicted octanol–water partition coefficient (Wildman–Crippen LogP) is 0.338. The van der Waals surface area contributed by atoms with E-state index in [0.717, 1.165) is 11.3 Å². The Bertz CT molecular complexity index is 503. The van der Waals surface area contributed by atoms with E-state index >= 15 is 0 Å². The van der Waals surface area contributed by atoms with E-state index in [9.17, 15) is 0 Å². The first-order chi connectivity index (χ1) is 5.95. The van der Waals surface area contributed by atoms with Crippen LogP contribution in [0.4, 0.5) is 5.82 Å². The first kappa shape index (κ1) is 5.83. The molecular formula is C9H7N3. The lowest BCUT2D eigenvalue weighted by Crippen LogP contribution is -2.25. The average Bonchev–Trinajstić information content (AvgIpc) is 2.58. The van der Waals surface area contributed by atoms with Crippen molar-refractivity contribution >= 4 is 18.0 Å². The van der Waals surface area contributed by atoms with Gasteiger partial charge >= 0.3 is 0 Å². The molecule has 1 aliphatic heterocycles. The summed E-state index contributed by atoms with van der Waals surface area (Å²) in [6.45, 7) is 0. The highest BCUT2D eigenvalue weighted by Crippen LogP contribution is 2.12. The molecule has 1 aromatic heterocycles. The number of rotatable bonds is 0. The highest BCUT2D eigenvalue weighted by Gasteiger charge is 2.11. The summed E-state index contributed by atoms with van der Waals surface area (Å²) in [4.78, 5) is 3.16. The Balaban J connectivity index is 2.54. The van der Waals surface area contributed by atoms with Gasteiger partial charge in [-0.15, -0.1) is 0 Å². The minimum atomic E-state index is 0.927. The van der Waals surface area contributed by atoms with Crippen molar-refractivity contribution in [3.8, 4) is 0 Å². The summed E-state index contributed by atoms with van der Waals surface area (Å²) in [5.74, 6) is 0.996. The van der Waals surface area contributed by atoms with Crippen LogP contribution in [0.5, 0.6) is 0 Å². The molecule has 12 heavy (non-hydrogen) atoms. The van der Waals surface area contributed by atoms with E-state index in [-0.39, 0.29) is 0 Å². The minimum Gasteiger partial charge on any atom is -0.323 e. The van der Waals surface area contributed by atoms with Crippen LogP contribution in [0, 0.1) is 0 Å². The van der Waals surface area contributed by atoms with Crippen LogP contribution in [0.15, 0.2) is 23.3 Å². The van der Waals surface area contributed by atoms with Gasteiger partial charge in [0.1, 0.15) is 5.82 Å². The Morgan fingerprint density at radius 2 is 2.17 bits per heavy atom. The SMILES string of the molecule is C1=CC=c2c(c3[nH]c2=NN3)C=C1. The molecule has 0 aromatic carbocycles. The van der Waals surface area contributed by atoms with Crippen LogP contribution in [-0.2, 0) is 0 Å². The molecule has 0 saturated heterocycles. The molecule has 3 heteroatoms. The van der Waals surface area contributed by atoms with E-state index in [1.807, 2.05) is 18.2 Å². The van der Waals surface area contributed by atoms with Gasteiger partial charge in [0.25, 0.3) is 0 Å². The van der Waals surface area contributed by atoms with Crippen LogP contribution in [0.1, 0.15) is 5.56 Å². The van der Waals surface area contributed by atoms with Crippen molar-refractivity contribution in [3.05, 3.63) is 34.5 Å². The number of nitrogens with one attached hydrogen (secondary N) is 2. The molecule has 2 aliphatic rings. The topological polar surface area (TPSA) is 40.2 Å². The zero-order valence-electron chi connectivity index (χ0n) is 6.33. The van der Waals surface area contributed by atoms with E-state index in [4.69, 9.17) is 0 Å². The van der Waals surface area contributed by atoms with Gasteiger partial charge < -0.3 is 4.98 Å². The molecule has 3 rings (SSSR count). The van der Waals surface area contributed by atoms with Crippen molar-refractivity contribution < 1.29 is 0 Å². The lowest BCUT2D eigenvalue weighted by molar-refractivity contribution is 1.21. The third kappa shape index (κ3) is 0.580. The standard InChI is InChI=1S/C9H7N3/c1-2-4-6-7(5-3-1)9-10-8(6)11-12-9/h1-5H,(H2,10,11,12). The highest BCUT2D eigenvalue weighted by atomic mass is 15.4. The van der Waals surface area contributed by atoms with Crippen LogP contribution >= 0.6 is 0 Å². The molecule has 0 radical (unpaired) electrons. The van der Waals surface area contributed by atoms with Crippen molar-refractivity contribution in [2.45, 2.75) is 0 Å². The van der Waals surface area contributed by atoms with E-state index in [0.29, 0.717) is 0 Å². The third-order valence-corrected chi connectivity index (χ3v) is 2.09. The maximum atomic E-state index is 4.09. The molecule has 0 saturated carbocycles. The Kier molecular flexibility index (Phi) is 0.913. The number of nitrogens with zero attached hydrogens (tertiary/aromatic N) is 1. The smallest absolute Gasteiger partial charge is 0.159 e. The van der Waals surface area contributed by atoms with Crippen LogP contribution in [0.3, 0.4) is 0 Å².